The Balaban J connectivity index is 2.68. The van der Waals surface area contributed by atoms with E-state index in [2.05, 4.69) is 38.4 Å². The highest BCUT2D eigenvalue weighted by Gasteiger charge is 2.08. The lowest BCUT2D eigenvalue weighted by molar-refractivity contribution is 0.308. The lowest BCUT2D eigenvalue weighted by atomic mass is 10.2. The number of allylic oxidation sites excluding steroid dienone is 1. The van der Waals surface area contributed by atoms with Gasteiger partial charge in [-0.1, -0.05) is 6.08 Å². The highest BCUT2D eigenvalue weighted by atomic mass is 79.9. The van der Waals surface area contributed by atoms with E-state index in [1.54, 1.807) is 0 Å². The fourth-order valence-electron chi connectivity index (χ4n) is 1.27. The maximum absolute atomic E-state index is 5.69. The van der Waals surface area contributed by atoms with Gasteiger partial charge < -0.3 is 10.5 Å². The maximum Gasteiger partial charge on any atom is 0.147 e. The predicted octanol–water partition coefficient (Wildman–Crippen LogP) is 4.02. The Labute approximate surface area is 113 Å². The van der Waals surface area contributed by atoms with E-state index < -0.39 is 0 Å². The minimum atomic E-state index is 0.522. The third-order valence-corrected chi connectivity index (χ3v) is 3.27. The van der Waals surface area contributed by atoms with Crippen molar-refractivity contribution >= 4 is 31.9 Å². The Kier molecular flexibility index (Phi) is 6.09. The van der Waals surface area contributed by atoms with Gasteiger partial charge >= 0.3 is 0 Å². The molecule has 0 aliphatic rings. The van der Waals surface area contributed by atoms with Crippen LogP contribution in [-0.4, -0.2) is 6.61 Å². The van der Waals surface area contributed by atoms with Crippen LogP contribution in [0.25, 0.3) is 0 Å². The lowest BCUT2D eigenvalue weighted by Crippen LogP contribution is -2.01. The van der Waals surface area contributed by atoms with Crippen molar-refractivity contribution in [1.82, 2.24) is 0 Å². The van der Waals surface area contributed by atoms with Gasteiger partial charge in [0.05, 0.1) is 15.6 Å². The van der Waals surface area contributed by atoms with E-state index in [0.29, 0.717) is 13.2 Å². The fourth-order valence-corrected chi connectivity index (χ4v) is 2.78. The molecule has 0 atom stereocenters. The zero-order chi connectivity index (χ0) is 12.0. The lowest BCUT2D eigenvalue weighted by Gasteiger charge is -2.11. The first-order chi connectivity index (χ1) is 7.69. The molecule has 0 fully saturated rings. The zero-order valence-corrected chi connectivity index (χ0v) is 12.2. The number of hydrogen-bond acceptors (Lipinski definition) is 2. The van der Waals surface area contributed by atoms with Crippen LogP contribution in [0, 0.1) is 0 Å². The van der Waals surface area contributed by atoms with Gasteiger partial charge in [-0.15, -0.1) is 6.58 Å². The molecule has 0 aliphatic heterocycles. The summed E-state index contributed by atoms with van der Waals surface area (Å²) >= 11 is 6.95. The smallest absolute Gasteiger partial charge is 0.147 e. The molecule has 1 aromatic carbocycles. The Morgan fingerprint density at radius 2 is 1.94 bits per heavy atom. The van der Waals surface area contributed by atoms with E-state index in [4.69, 9.17) is 10.5 Å². The van der Waals surface area contributed by atoms with Gasteiger partial charge in [0, 0.05) is 6.54 Å². The van der Waals surface area contributed by atoms with Crippen molar-refractivity contribution in [2.24, 2.45) is 5.73 Å². The molecule has 0 spiro atoms. The summed E-state index contributed by atoms with van der Waals surface area (Å²) in [7, 11) is 0. The Hall–Kier alpha value is -0.320. The topological polar surface area (TPSA) is 35.2 Å². The minimum Gasteiger partial charge on any atom is -0.491 e. The summed E-state index contributed by atoms with van der Waals surface area (Å²) in [6.07, 6.45) is 3.84. The van der Waals surface area contributed by atoms with Crippen molar-refractivity contribution in [3.8, 4) is 5.75 Å². The maximum atomic E-state index is 5.69. The van der Waals surface area contributed by atoms with Crippen molar-refractivity contribution in [3.63, 3.8) is 0 Å². The van der Waals surface area contributed by atoms with Gasteiger partial charge in [-0.25, -0.2) is 0 Å². The third kappa shape index (κ3) is 3.92. The largest absolute Gasteiger partial charge is 0.491 e. The van der Waals surface area contributed by atoms with Crippen LogP contribution in [0.1, 0.15) is 18.4 Å². The third-order valence-electron chi connectivity index (χ3n) is 2.09. The second-order valence-electron chi connectivity index (χ2n) is 3.37. The van der Waals surface area contributed by atoms with Gasteiger partial charge in [-0.2, -0.15) is 0 Å². The van der Waals surface area contributed by atoms with Crippen LogP contribution < -0.4 is 10.5 Å². The van der Waals surface area contributed by atoms with Crippen LogP contribution in [0.2, 0.25) is 0 Å². The molecule has 1 rings (SSSR count). The molecule has 0 saturated heterocycles. The quantitative estimate of drug-likeness (QED) is 0.622. The SMILES string of the molecule is C=CCCCOc1c(Br)cc(CN)cc1Br. The van der Waals surface area contributed by atoms with Gasteiger partial charge in [0.2, 0.25) is 0 Å². The average molecular weight is 349 g/mol. The molecule has 0 aliphatic carbocycles. The number of hydrogen-bond donors (Lipinski definition) is 1. The van der Waals surface area contributed by atoms with Gasteiger partial charge in [-0.3, -0.25) is 0 Å². The molecular formula is C12H15Br2NO. The number of rotatable bonds is 6. The fraction of sp³-hybridized carbons (Fsp3) is 0.333. The molecule has 0 saturated carbocycles. The van der Waals surface area contributed by atoms with Gasteiger partial charge in [0.25, 0.3) is 0 Å². The van der Waals surface area contributed by atoms with Crippen LogP contribution in [0.4, 0.5) is 0 Å². The summed E-state index contributed by atoms with van der Waals surface area (Å²) in [5, 5.41) is 0. The molecule has 0 radical (unpaired) electrons. The van der Waals surface area contributed by atoms with E-state index in [1.807, 2.05) is 18.2 Å². The first-order valence-electron chi connectivity index (χ1n) is 5.10. The molecule has 0 unspecified atom stereocenters. The summed E-state index contributed by atoms with van der Waals surface area (Å²) in [6.45, 7) is 4.88. The summed E-state index contributed by atoms with van der Waals surface area (Å²) < 4.78 is 7.55. The number of ether oxygens (including phenoxy) is 1. The van der Waals surface area contributed by atoms with E-state index in [-0.39, 0.29) is 0 Å². The minimum absolute atomic E-state index is 0.522. The average Bonchev–Trinajstić information content (AvgIpc) is 2.26. The van der Waals surface area contributed by atoms with Gasteiger partial charge in [-0.05, 0) is 62.4 Å². The van der Waals surface area contributed by atoms with Crippen LogP contribution >= 0.6 is 31.9 Å². The normalized spacial score (nSPS) is 10.2. The van der Waals surface area contributed by atoms with Gasteiger partial charge in [0.15, 0.2) is 0 Å². The molecule has 0 heterocycles. The Bertz CT molecular complexity index is 343. The number of nitrogens with two attached hydrogens (primary N) is 1. The zero-order valence-electron chi connectivity index (χ0n) is 9.01. The van der Waals surface area contributed by atoms with E-state index in [9.17, 15) is 0 Å². The molecule has 1 aromatic rings. The summed E-state index contributed by atoms with van der Waals surface area (Å²) in [4.78, 5) is 0. The Morgan fingerprint density at radius 1 is 1.31 bits per heavy atom. The Morgan fingerprint density at radius 3 is 2.44 bits per heavy atom. The van der Waals surface area contributed by atoms with Crippen LogP contribution in [0.3, 0.4) is 0 Å². The summed E-state index contributed by atoms with van der Waals surface area (Å²) in [5.74, 6) is 0.835. The second-order valence-corrected chi connectivity index (χ2v) is 5.08. The molecule has 0 bridgehead atoms. The number of benzene rings is 1. The molecular weight excluding hydrogens is 334 g/mol. The molecule has 2 nitrogen and oxygen atoms in total. The van der Waals surface area contributed by atoms with E-state index >= 15 is 0 Å². The van der Waals surface area contributed by atoms with Crippen molar-refractivity contribution in [1.29, 1.82) is 0 Å². The van der Waals surface area contributed by atoms with E-state index in [0.717, 1.165) is 33.1 Å². The van der Waals surface area contributed by atoms with Crippen molar-refractivity contribution in [2.75, 3.05) is 6.61 Å². The molecule has 0 amide bonds. The second kappa shape index (κ2) is 7.09. The van der Waals surface area contributed by atoms with Gasteiger partial charge in [0.1, 0.15) is 5.75 Å². The first-order valence-corrected chi connectivity index (χ1v) is 6.69. The highest BCUT2D eigenvalue weighted by Crippen LogP contribution is 2.34. The van der Waals surface area contributed by atoms with Crippen LogP contribution in [0.5, 0.6) is 5.75 Å². The van der Waals surface area contributed by atoms with Crippen LogP contribution in [-0.2, 0) is 6.54 Å². The predicted molar refractivity (Wildman–Crippen MR) is 74.7 cm³/mol. The first kappa shape index (κ1) is 13.7. The number of unbranched alkanes of at least 4 members (excludes halogenated alkanes) is 1. The molecule has 4 heteroatoms. The summed E-state index contributed by atoms with van der Waals surface area (Å²) in [6, 6.07) is 3.96. The molecule has 0 aromatic heterocycles. The molecule has 2 N–H and O–H groups in total. The van der Waals surface area contributed by atoms with E-state index in [1.165, 1.54) is 0 Å². The van der Waals surface area contributed by atoms with Crippen molar-refractivity contribution in [3.05, 3.63) is 39.3 Å². The monoisotopic (exact) mass is 347 g/mol. The highest BCUT2D eigenvalue weighted by molar-refractivity contribution is 9.11. The standard InChI is InChI=1S/C12H15Br2NO/c1-2-3-4-5-16-12-10(13)6-9(8-15)7-11(12)14/h2,6-7H,1,3-5,8,15H2. The summed E-state index contributed by atoms with van der Waals surface area (Å²) in [5.41, 5.74) is 6.65. The van der Waals surface area contributed by atoms with Crippen LogP contribution in [0.15, 0.2) is 33.7 Å². The van der Waals surface area contributed by atoms with Crippen molar-refractivity contribution in [2.45, 2.75) is 19.4 Å². The number of halogens is 2. The van der Waals surface area contributed by atoms with Crippen molar-refractivity contribution < 1.29 is 4.74 Å². The molecule has 88 valence electrons. The molecule has 16 heavy (non-hydrogen) atoms.